The molecule has 0 spiro atoms. The molecule has 0 aliphatic heterocycles. The summed E-state index contributed by atoms with van der Waals surface area (Å²) < 4.78 is 1.01. The Morgan fingerprint density at radius 2 is 2.07 bits per heavy atom. The van der Waals surface area contributed by atoms with Crippen molar-refractivity contribution in [3.8, 4) is 0 Å². The van der Waals surface area contributed by atoms with Crippen LogP contribution in [0.25, 0.3) is 0 Å². The Bertz CT molecular complexity index is 305. The normalized spacial score (nSPS) is 10.1. The van der Waals surface area contributed by atoms with Gasteiger partial charge in [0.1, 0.15) is 0 Å². The highest BCUT2D eigenvalue weighted by molar-refractivity contribution is 8.23. The van der Waals surface area contributed by atoms with Gasteiger partial charge >= 0.3 is 0 Å². The number of thiocarbonyl (C=S) groups is 1. The predicted molar refractivity (Wildman–Crippen MR) is 70.3 cm³/mol. The molecule has 0 aromatic heterocycles. The van der Waals surface area contributed by atoms with E-state index < -0.39 is 0 Å². The molecule has 2 heteroatoms. The molecule has 1 aromatic rings. The van der Waals surface area contributed by atoms with E-state index in [4.69, 9.17) is 12.2 Å². The number of thioether (sulfide) groups is 1. The highest BCUT2D eigenvalue weighted by atomic mass is 32.2. The Balaban J connectivity index is 2.85. The third-order valence-electron chi connectivity index (χ3n) is 2.22. The molecule has 0 amide bonds. The van der Waals surface area contributed by atoms with Crippen LogP contribution < -0.4 is 0 Å². The van der Waals surface area contributed by atoms with Gasteiger partial charge in [0, 0.05) is 5.56 Å². The molecular weight excluding hydrogens is 208 g/mol. The van der Waals surface area contributed by atoms with Gasteiger partial charge in [0.25, 0.3) is 0 Å². The maximum Gasteiger partial charge on any atom is 0.0778 e. The van der Waals surface area contributed by atoms with E-state index in [1.54, 1.807) is 11.8 Å². The fourth-order valence-electron chi connectivity index (χ4n) is 1.41. The highest BCUT2D eigenvalue weighted by Gasteiger charge is 2.04. The first-order valence-electron chi connectivity index (χ1n) is 4.95. The van der Waals surface area contributed by atoms with E-state index in [-0.39, 0.29) is 0 Å². The Labute approximate surface area is 96.1 Å². The third kappa shape index (κ3) is 3.10. The number of benzene rings is 1. The van der Waals surface area contributed by atoms with Crippen LogP contribution in [0.2, 0.25) is 0 Å². The van der Waals surface area contributed by atoms with Crippen LogP contribution in [-0.4, -0.2) is 10.5 Å². The average Bonchev–Trinajstić information content (AvgIpc) is 2.25. The summed E-state index contributed by atoms with van der Waals surface area (Å²) >= 11 is 6.98. The van der Waals surface area contributed by atoms with E-state index in [0.29, 0.717) is 0 Å². The lowest BCUT2D eigenvalue weighted by atomic mass is 10.0. The van der Waals surface area contributed by atoms with Crippen molar-refractivity contribution < 1.29 is 0 Å². The summed E-state index contributed by atoms with van der Waals surface area (Å²) in [7, 11) is 0. The van der Waals surface area contributed by atoms with Crippen molar-refractivity contribution in [1.82, 2.24) is 0 Å². The number of hydrogen-bond donors (Lipinski definition) is 0. The summed E-state index contributed by atoms with van der Waals surface area (Å²) in [6.45, 7) is 2.22. The fraction of sp³-hybridized carbons (Fsp3) is 0.417. The Morgan fingerprint density at radius 3 is 2.71 bits per heavy atom. The quantitative estimate of drug-likeness (QED) is 0.707. The summed E-state index contributed by atoms with van der Waals surface area (Å²) in [5.74, 6) is 0. The van der Waals surface area contributed by atoms with E-state index in [2.05, 4.69) is 31.2 Å². The first-order valence-corrected chi connectivity index (χ1v) is 6.59. The van der Waals surface area contributed by atoms with Gasteiger partial charge in [-0.2, -0.15) is 0 Å². The SMILES string of the molecule is CCCCc1ccccc1C(=S)SC. The van der Waals surface area contributed by atoms with Crippen molar-refractivity contribution in [2.45, 2.75) is 26.2 Å². The maximum absolute atomic E-state index is 5.32. The van der Waals surface area contributed by atoms with Crippen LogP contribution in [0, 0.1) is 0 Å². The first-order chi connectivity index (χ1) is 6.79. The number of unbranched alkanes of at least 4 members (excludes halogenated alkanes) is 1. The van der Waals surface area contributed by atoms with E-state index in [9.17, 15) is 0 Å². The van der Waals surface area contributed by atoms with Gasteiger partial charge < -0.3 is 0 Å². The van der Waals surface area contributed by atoms with Crippen LogP contribution in [0.5, 0.6) is 0 Å². The molecule has 0 atom stereocenters. The van der Waals surface area contributed by atoms with Crippen LogP contribution in [0.3, 0.4) is 0 Å². The smallest absolute Gasteiger partial charge is 0.0778 e. The molecule has 0 N–H and O–H groups in total. The lowest BCUT2D eigenvalue weighted by Crippen LogP contribution is -1.98. The summed E-state index contributed by atoms with van der Waals surface area (Å²) in [5, 5.41) is 0. The van der Waals surface area contributed by atoms with E-state index in [1.165, 1.54) is 24.0 Å². The monoisotopic (exact) mass is 224 g/mol. The molecule has 0 saturated carbocycles. The third-order valence-corrected chi connectivity index (χ3v) is 3.53. The molecule has 14 heavy (non-hydrogen) atoms. The molecule has 0 nitrogen and oxygen atoms in total. The minimum atomic E-state index is 1.01. The van der Waals surface area contributed by atoms with Crippen molar-refractivity contribution in [3.63, 3.8) is 0 Å². The molecule has 1 aromatic carbocycles. The van der Waals surface area contributed by atoms with Crippen molar-refractivity contribution in [3.05, 3.63) is 35.4 Å². The Kier molecular flexibility index (Phi) is 5.20. The van der Waals surface area contributed by atoms with Crippen LogP contribution in [0.1, 0.15) is 30.9 Å². The minimum absolute atomic E-state index is 1.01. The molecule has 0 heterocycles. The van der Waals surface area contributed by atoms with E-state index in [1.807, 2.05) is 6.26 Å². The van der Waals surface area contributed by atoms with Gasteiger partial charge in [-0.3, -0.25) is 0 Å². The van der Waals surface area contributed by atoms with Gasteiger partial charge in [-0.15, -0.1) is 11.8 Å². The number of rotatable bonds is 4. The fourth-order valence-corrected chi connectivity index (χ4v) is 2.03. The predicted octanol–water partition coefficient (Wildman–Crippen LogP) is 4.07. The second-order valence-electron chi connectivity index (χ2n) is 3.25. The van der Waals surface area contributed by atoms with Crippen molar-refractivity contribution >= 4 is 28.2 Å². The molecule has 0 aliphatic carbocycles. The largest absolute Gasteiger partial charge is 0.117 e. The second-order valence-corrected chi connectivity index (χ2v) is 4.74. The molecule has 76 valence electrons. The van der Waals surface area contributed by atoms with Crippen LogP contribution >= 0.6 is 24.0 Å². The molecule has 0 saturated heterocycles. The van der Waals surface area contributed by atoms with Gasteiger partial charge in [0.15, 0.2) is 0 Å². The van der Waals surface area contributed by atoms with Crippen LogP contribution in [-0.2, 0) is 6.42 Å². The lowest BCUT2D eigenvalue weighted by molar-refractivity contribution is 0.794. The Morgan fingerprint density at radius 1 is 1.36 bits per heavy atom. The van der Waals surface area contributed by atoms with Crippen LogP contribution in [0.4, 0.5) is 0 Å². The molecule has 0 fully saturated rings. The van der Waals surface area contributed by atoms with Gasteiger partial charge in [-0.05, 0) is 24.7 Å². The molecule has 0 radical (unpaired) electrons. The van der Waals surface area contributed by atoms with E-state index in [0.717, 1.165) is 10.6 Å². The van der Waals surface area contributed by atoms with Gasteiger partial charge in [-0.1, -0.05) is 49.8 Å². The number of aryl methyl sites for hydroxylation is 1. The lowest BCUT2D eigenvalue weighted by Gasteiger charge is -2.08. The summed E-state index contributed by atoms with van der Waals surface area (Å²) in [5.41, 5.74) is 2.65. The summed E-state index contributed by atoms with van der Waals surface area (Å²) in [6.07, 6.45) is 5.67. The maximum atomic E-state index is 5.32. The second kappa shape index (κ2) is 6.20. The van der Waals surface area contributed by atoms with Crippen LogP contribution in [0.15, 0.2) is 24.3 Å². The molecule has 0 unspecified atom stereocenters. The molecule has 0 bridgehead atoms. The van der Waals surface area contributed by atoms with E-state index >= 15 is 0 Å². The van der Waals surface area contributed by atoms with Gasteiger partial charge in [-0.25, -0.2) is 0 Å². The Hall–Kier alpha value is -0.340. The topological polar surface area (TPSA) is 0 Å². The summed E-state index contributed by atoms with van der Waals surface area (Å²) in [6, 6.07) is 8.47. The van der Waals surface area contributed by atoms with Gasteiger partial charge in [0.05, 0.1) is 4.20 Å². The standard InChI is InChI=1S/C12H16S2/c1-3-4-7-10-8-5-6-9-11(10)12(13)14-2/h5-6,8-9H,3-4,7H2,1-2H3. The van der Waals surface area contributed by atoms with Crippen molar-refractivity contribution in [1.29, 1.82) is 0 Å². The summed E-state index contributed by atoms with van der Waals surface area (Å²) in [4.78, 5) is 0. The van der Waals surface area contributed by atoms with Gasteiger partial charge in [0.2, 0.25) is 0 Å². The molecular formula is C12H16S2. The zero-order valence-electron chi connectivity index (χ0n) is 8.75. The number of hydrogen-bond acceptors (Lipinski definition) is 2. The zero-order chi connectivity index (χ0) is 10.4. The average molecular weight is 224 g/mol. The highest BCUT2D eigenvalue weighted by Crippen LogP contribution is 2.18. The van der Waals surface area contributed by atoms with Crippen molar-refractivity contribution in [2.24, 2.45) is 0 Å². The molecule has 0 aliphatic rings. The van der Waals surface area contributed by atoms with Crippen molar-refractivity contribution in [2.75, 3.05) is 6.26 Å². The zero-order valence-corrected chi connectivity index (χ0v) is 10.4. The minimum Gasteiger partial charge on any atom is -0.117 e. The first kappa shape index (κ1) is 11.7. The molecule has 1 rings (SSSR count).